The lowest BCUT2D eigenvalue weighted by molar-refractivity contribution is 0.0793. The zero-order valence-electron chi connectivity index (χ0n) is 10.4. The second-order valence-electron chi connectivity index (χ2n) is 4.30. The third-order valence-corrected chi connectivity index (χ3v) is 2.87. The van der Waals surface area contributed by atoms with Crippen LogP contribution in [0.5, 0.6) is 5.75 Å². The Balaban J connectivity index is 2.75. The summed E-state index contributed by atoms with van der Waals surface area (Å²) in [6, 6.07) is 4.76. The van der Waals surface area contributed by atoms with E-state index in [9.17, 15) is 9.90 Å². The fourth-order valence-electron chi connectivity index (χ4n) is 1.57. The van der Waals surface area contributed by atoms with Crippen LogP contribution in [0.1, 0.15) is 29.3 Å². The van der Waals surface area contributed by atoms with E-state index >= 15 is 0 Å². The molecule has 0 radical (unpaired) electrons. The highest BCUT2D eigenvalue weighted by Gasteiger charge is 2.14. The van der Waals surface area contributed by atoms with E-state index < -0.39 is 0 Å². The Kier molecular flexibility index (Phi) is 4.82. The van der Waals surface area contributed by atoms with E-state index in [2.05, 4.69) is 0 Å². The Morgan fingerprint density at radius 1 is 1.53 bits per heavy atom. The van der Waals surface area contributed by atoms with Gasteiger partial charge in [0.2, 0.25) is 0 Å². The van der Waals surface area contributed by atoms with Gasteiger partial charge in [0.25, 0.3) is 5.91 Å². The zero-order chi connectivity index (χ0) is 13.0. The molecule has 0 fully saturated rings. The SMILES string of the molecule is Cc1cc(O)ccc1C(=O)N(C)CCC(C)Cl. The number of rotatable bonds is 4. The molecule has 0 aromatic heterocycles. The zero-order valence-corrected chi connectivity index (χ0v) is 11.2. The van der Waals surface area contributed by atoms with E-state index in [1.54, 1.807) is 24.1 Å². The van der Waals surface area contributed by atoms with Crippen molar-refractivity contribution in [3.8, 4) is 5.75 Å². The van der Waals surface area contributed by atoms with Crippen LogP contribution in [0.25, 0.3) is 0 Å². The Morgan fingerprint density at radius 2 is 2.18 bits per heavy atom. The number of aromatic hydroxyl groups is 1. The second-order valence-corrected chi connectivity index (χ2v) is 5.04. The molecule has 0 aliphatic carbocycles. The molecule has 1 aromatic rings. The van der Waals surface area contributed by atoms with Crippen LogP contribution in [0.4, 0.5) is 0 Å². The van der Waals surface area contributed by atoms with E-state index in [-0.39, 0.29) is 17.0 Å². The molecule has 1 rings (SSSR count). The standard InChI is InChI=1S/C13H18ClNO2/c1-9-8-11(16)4-5-12(9)13(17)15(3)7-6-10(2)14/h4-5,8,10,16H,6-7H2,1-3H3. The van der Waals surface area contributed by atoms with Gasteiger partial charge in [-0.05, 0) is 44.0 Å². The molecule has 1 atom stereocenters. The molecular formula is C13H18ClNO2. The molecule has 0 aliphatic rings. The van der Waals surface area contributed by atoms with E-state index in [4.69, 9.17) is 11.6 Å². The summed E-state index contributed by atoms with van der Waals surface area (Å²) in [7, 11) is 1.76. The number of phenols is 1. The number of carbonyl (C=O) groups is 1. The number of alkyl halides is 1. The summed E-state index contributed by atoms with van der Waals surface area (Å²) in [4.78, 5) is 13.7. The molecule has 3 nitrogen and oxygen atoms in total. The molecule has 1 aromatic carbocycles. The average Bonchev–Trinajstić information content (AvgIpc) is 2.25. The summed E-state index contributed by atoms with van der Waals surface area (Å²) in [6.45, 7) is 4.35. The van der Waals surface area contributed by atoms with Gasteiger partial charge in [0.15, 0.2) is 0 Å². The first-order valence-corrected chi connectivity index (χ1v) is 6.04. The van der Waals surface area contributed by atoms with Crippen molar-refractivity contribution in [2.24, 2.45) is 0 Å². The highest BCUT2D eigenvalue weighted by atomic mass is 35.5. The van der Waals surface area contributed by atoms with Crippen molar-refractivity contribution in [3.63, 3.8) is 0 Å². The van der Waals surface area contributed by atoms with Crippen LogP contribution in [0.15, 0.2) is 18.2 Å². The van der Waals surface area contributed by atoms with Crippen molar-refractivity contribution in [1.29, 1.82) is 0 Å². The first kappa shape index (κ1) is 13.8. The van der Waals surface area contributed by atoms with Gasteiger partial charge in [-0.15, -0.1) is 11.6 Å². The van der Waals surface area contributed by atoms with Crippen molar-refractivity contribution < 1.29 is 9.90 Å². The third kappa shape index (κ3) is 3.93. The third-order valence-electron chi connectivity index (χ3n) is 2.65. The van der Waals surface area contributed by atoms with Gasteiger partial charge < -0.3 is 10.0 Å². The average molecular weight is 256 g/mol. The summed E-state index contributed by atoms with van der Waals surface area (Å²) in [5.74, 6) is 0.135. The van der Waals surface area contributed by atoms with E-state index in [1.807, 2.05) is 13.8 Å². The smallest absolute Gasteiger partial charge is 0.253 e. The van der Waals surface area contributed by atoms with E-state index in [0.717, 1.165) is 12.0 Å². The molecule has 0 aliphatic heterocycles. The summed E-state index contributed by atoms with van der Waals surface area (Å²) in [5, 5.41) is 9.35. The fourth-order valence-corrected chi connectivity index (χ4v) is 1.66. The molecule has 94 valence electrons. The Morgan fingerprint density at radius 3 is 2.71 bits per heavy atom. The van der Waals surface area contributed by atoms with Crippen molar-refractivity contribution in [2.45, 2.75) is 25.6 Å². The Labute approximate surface area is 107 Å². The topological polar surface area (TPSA) is 40.5 Å². The van der Waals surface area contributed by atoms with Crippen molar-refractivity contribution in [3.05, 3.63) is 29.3 Å². The predicted molar refractivity (Wildman–Crippen MR) is 69.7 cm³/mol. The highest BCUT2D eigenvalue weighted by molar-refractivity contribution is 6.20. The number of hydrogen-bond donors (Lipinski definition) is 1. The van der Waals surface area contributed by atoms with Gasteiger partial charge in [-0.25, -0.2) is 0 Å². The minimum Gasteiger partial charge on any atom is -0.508 e. The number of phenolic OH excluding ortho intramolecular Hbond substituents is 1. The Hall–Kier alpha value is -1.22. The number of benzene rings is 1. The molecule has 4 heteroatoms. The molecule has 17 heavy (non-hydrogen) atoms. The van der Waals surface area contributed by atoms with E-state index in [1.165, 1.54) is 6.07 Å². The summed E-state index contributed by atoms with van der Waals surface area (Å²) in [5.41, 5.74) is 1.40. The minimum atomic E-state index is -0.0418. The van der Waals surface area contributed by atoms with Crippen LogP contribution in [0, 0.1) is 6.92 Å². The molecule has 1 amide bonds. The van der Waals surface area contributed by atoms with Gasteiger partial charge in [-0.3, -0.25) is 4.79 Å². The lowest BCUT2D eigenvalue weighted by atomic mass is 10.1. The number of halogens is 1. The monoisotopic (exact) mass is 255 g/mol. The van der Waals surface area contributed by atoms with Crippen LogP contribution >= 0.6 is 11.6 Å². The predicted octanol–water partition coefficient (Wildman–Crippen LogP) is 2.79. The molecule has 0 bridgehead atoms. The van der Waals surface area contributed by atoms with Gasteiger partial charge >= 0.3 is 0 Å². The van der Waals surface area contributed by atoms with Crippen LogP contribution in [0.2, 0.25) is 0 Å². The molecular weight excluding hydrogens is 238 g/mol. The molecule has 1 N–H and O–H groups in total. The van der Waals surface area contributed by atoms with Gasteiger partial charge in [0, 0.05) is 24.5 Å². The summed E-state index contributed by atoms with van der Waals surface area (Å²) in [6.07, 6.45) is 0.765. The van der Waals surface area contributed by atoms with Gasteiger partial charge in [-0.2, -0.15) is 0 Å². The van der Waals surface area contributed by atoms with Gasteiger partial charge in [0.05, 0.1) is 0 Å². The maximum Gasteiger partial charge on any atom is 0.253 e. The summed E-state index contributed by atoms with van der Waals surface area (Å²) >= 11 is 5.85. The van der Waals surface area contributed by atoms with Crippen LogP contribution in [0.3, 0.4) is 0 Å². The van der Waals surface area contributed by atoms with Gasteiger partial charge in [-0.1, -0.05) is 0 Å². The molecule has 1 unspecified atom stereocenters. The normalized spacial score (nSPS) is 12.2. The lowest BCUT2D eigenvalue weighted by Crippen LogP contribution is -2.29. The molecule has 0 spiro atoms. The molecule has 0 saturated carbocycles. The van der Waals surface area contributed by atoms with Crippen molar-refractivity contribution >= 4 is 17.5 Å². The number of carbonyl (C=O) groups excluding carboxylic acids is 1. The minimum absolute atomic E-state index is 0.0418. The number of amides is 1. The second kappa shape index (κ2) is 5.92. The number of nitrogens with zero attached hydrogens (tertiary/aromatic N) is 1. The van der Waals surface area contributed by atoms with Crippen molar-refractivity contribution in [1.82, 2.24) is 4.90 Å². The summed E-state index contributed by atoms with van der Waals surface area (Å²) < 4.78 is 0. The molecule has 0 saturated heterocycles. The van der Waals surface area contributed by atoms with Crippen molar-refractivity contribution in [2.75, 3.05) is 13.6 Å². The first-order chi connectivity index (χ1) is 7.91. The lowest BCUT2D eigenvalue weighted by Gasteiger charge is -2.19. The maximum atomic E-state index is 12.1. The van der Waals surface area contributed by atoms with Crippen LogP contribution < -0.4 is 0 Å². The number of hydrogen-bond acceptors (Lipinski definition) is 2. The number of aryl methyl sites for hydroxylation is 1. The first-order valence-electron chi connectivity index (χ1n) is 5.61. The quantitative estimate of drug-likeness (QED) is 0.841. The van der Waals surface area contributed by atoms with Crippen LogP contribution in [-0.2, 0) is 0 Å². The fraction of sp³-hybridized carbons (Fsp3) is 0.462. The van der Waals surface area contributed by atoms with Crippen LogP contribution in [-0.4, -0.2) is 34.9 Å². The molecule has 0 heterocycles. The van der Waals surface area contributed by atoms with Gasteiger partial charge in [0.1, 0.15) is 5.75 Å². The highest BCUT2D eigenvalue weighted by Crippen LogP contribution is 2.17. The largest absolute Gasteiger partial charge is 0.508 e. The van der Waals surface area contributed by atoms with E-state index in [0.29, 0.717) is 12.1 Å². The maximum absolute atomic E-state index is 12.1. The Bertz CT molecular complexity index is 404.